The van der Waals surface area contributed by atoms with Gasteiger partial charge in [0.2, 0.25) is 0 Å². The smallest absolute Gasteiger partial charge is 0.270 e. The summed E-state index contributed by atoms with van der Waals surface area (Å²) in [6, 6.07) is 11.8. The first-order chi connectivity index (χ1) is 12.7. The van der Waals surface area contributed by atoms with Crippen LogP contribution in [0.5, 0.6) is 5.75 Å². The predicted octanol–water partition coefficient (Wildman–Crippen LogP) is 4.02. The van der Waals surface area contributed by atoms with Gasteiger partial charge in [0.25, 0.3) is 5.91 Å². The molecule has 0 radical (unpaired) electrons. The molecule has 0 spiro atoms. The van der Waals surface area contributed by atoms with Crippen molar-refractivity contribution in [3.63, 3.8) is 0 Å². The van der Waals surface area contributed by atoms with Crippen LogP contribution in [0.15, 0.2) is 48.8 Å². The number of thiazole rings is 1. The van der Waals surface area contributed by atoms with E-state index in [0.29, 0.717) is 17.2 Å². The van der Waals surface area contributed by atoms with E-state index in [1.807, 2.05) is 42.2 Å². The number of ether oxygens (including phenoxy) is 1. The standard InChI is InChI=1S/C20H19N3O2S/c1-14-19(26-18(22-14)13-25-16-8-4-10-21-12-16)20(24)23-11-5-7-15-6-2-3-9-17(15)23/h2-4,6,8-10,12H,5,7,11,13H2,1H3. The van der Waals surface area contributed by atoms with Crippen molar-refractivity contribution in [1.82, 2.24) is 9.97 Å². The number of carbonyl (C=O) groups is 1. The van der Waals surface area contributed by atoms with Crippen LogP contribution >= 0.6 is 11.3 Å². The molecule has 4 rings (SSSR count). The van der Waals surface area contributed by atoms with Crippen LogP contribution in [0, 0.1) is 6.92 Å². The molecular formula is C20H19N3O2S. The van der Waals surface area contributed by atoms with E-state index in [1.165, 1.54) is 16.9 Å². The Morgan fingerprint density at radius 1 is 1.27 bits per heavy atom. The third kappa shape index (κ3) is 3.32. The monoisotopic (exact) mass is 365 g/mol. The third-order valence-electron chi connectivity index (χ3n) is 4.39. The zero-order chi connectivity index (χ0) is 17.9. The first-order valence-electron chi connectivity index (χ1n) is 8.61. The summed E-state index contributed by atoms with van der Waals surface area (Å²) in [6.07, 6.45) is 5.37. The highest BCUT2D eigenvalue weighted by molar-refractivity contribution is 7.13. The Morgan fingerprint density at radius 2 is 2.15 bits per heavy atom. The van der Waals surface area contributed by atoms with Crippen molar-refractivity contribution in [3.8, 4) is 5.75 Å². The van der Waals surface area contributed by atoms with Gasteiger partial charge < -0.3 is 9.64 Å². The van der Waals surface area contributed by atoms with E-state index in [4.69, 9.17) is 4.74 Å². The Kier molecular flexibility index (Phi) is 4.67. The Bertz CT molecular complexity index is 924. The van der Waals surface area contributed by atoms with E-state index >= 15 is 0 Å². The fourth-order valence-corrected chi connectivity index (χ4v) is 4.08. The summed E-state index contributed by atoms with van der Waals surface area (Å²) in [6.45, 7) is 2.96. The van der Waals surface area contributed by atoms with Gasteiger partial charge in [-0.1, -0.05) is 18.2 Å². The zero-order valence-corrected chi connectivity index (χ0v) is 15.3. The number of nitrogens with zero attached hydrogens (tertiary/aromatic N) is 3. The molecule has 26 heavy (non-hydrogen) atoms. The van der Waals surface area contributed by atoms with E-state index in [2.05, 4.69) is 16.0 Å². The van der Waals surface area contributed by atoms with Crippen molar-refractivity contribution in [1.29, 1.82) is 0 Å². The summed E-state index contributed by atoms with van der Waals surface area (Å²) < 4.78 is 5.70. The van der Waals surface area contributed by atoms with Gasteiger partial charge in [-0.25, -0.2) is 4.98 Å². The minimum atomic E-state index is 0.0276. The average Bonchev–Trinajstić information content (AvgIpc) is 3.07. The summed E-state index contributed by atoms with van der Waals surface area (Å²) in [4.78, 5) is 24.2. The molecule has 0 N–H and O–H groups in total. The lowest BCUT2D eigenvalue weighted by atomic mass is 10.0. The van der Waals surface area contributed by atoms with Gasteiger partial charge >= 0.3 is 0 Å². The molecule has 0 saturated carbocycles. The van der Waals surface area contributed by atoms with Crippen molar-refractivity contribution in [2.75, 3.05) is 11.4 Å². The van der Waals surface area contributed by atoms with Crippen LogP contribution in [0.25, 0.3) is 0 Å². The van der Waals surface area contributed by atoms with Gasteiger partial charge in [-0.15, -0.1) is 11.3 Å². The van der Waals surface area contributed by atoms with Crippen molar-refractivity contribution >= 4 is 22.9 Å². The summed E-state index contributed by atoms with van der Waals surface area (Å²) in [5.41, 5.74) is 3.01. The van der Waals surface area contributed by atoms with Crippen molar-refractivity contribution in [2.45, 2.75) is 26.4 Å². The van der Waals surface area contributed by atoms with Gasteiger partial charge in [-0.3, -0.25) is 9.78 Å². The van der Waals surface area contributed by atoms with Crippen molar-refractivity contribution in [3.05, 3.63) is 69.9 Å². The number of para-hydroxylation sites is 1. The van der Waals surface area contributed by atoms with Gasteiger partial charge in [-0.05, 0) is 43.5 Å². The van der Waals surface area contributed by atoms with Gasteiger partial charge in [0.05, 0.1) is 11.9 Å². The second-order valence-electron chi connectivity index (χ2n) is 6.19. The van der Waals surface area contributed by atoms with Crippen LogP contribution in [0.3, 0.4) is 0 Å². The Hall–Kier alpha value is -2.73. The Labute approximate surface area is 156 Å². The van der Waals surface area contributed by atoms with Crippen molar-refractivity contribution < 1.29 is 9.53 Å². The summed E-state index contributed by atoms with van der Waals surface area (Å²) in [5.74, 6) is 0.720. The third-order valence-corrected chi connectivity index (χ3v) is 5.51. The SMILES string of the molecule is Cc1nc(COc2cccnc2)sc1C(=O)N1CCCc2ccccc21. The van der Waals surface area contributed by atoms with Crippen LogP contribution in [0.2, 0.25) is 0 Å². The first kappa shape index (κ1) is 16.7. The molecule has 3 aromatic rings. The molecule has 0 unspecified atom stereocenters. The normalized spacial score (nSPS) is 13.3. The maximum Gasteiger partial charge on any atom is 0.270 e. The molecule has 1 amide bonds. The van der Waals surface area contributed by atoms with E-state index in [-0.39, 0.29) is 5.91 Å². The molecule has 3 heterocycles. The van der Waals surface area contributed by atoms with Crippen LogP contribution < -0.4 is 9.64 Å². The first-order valence-corrected chi connectivity index (χ1v) is 9.43. The van der Waals surface area contributed by atoms with E-state index in [0.717, 1.165) is 35.8 Å². The summed E-state index contributed by atoms with van der Waals surface area (Å²) >= 11 is 1.41. The van der Waals surface area contributed by atoms with Crippen molar-refractivity contribution in [2.24, 2.45) is 0 Å². The number of carbonyl (C=O) groups excluding carboxylic acids is 1. The molecule has 0 fully saturated rings. The number of hydrogen-bond donors (Lipinski definition) is 0. The number of pyridine rings is 1. The second kappa shape index (κ2) is 7.25. The number of amides is 1. The fraction of sp³-hybridized carbons (Fsp3) is 0.250. The second-order valence-corrected chi connectivity index (χ2v) is 7.27. The van der Waals surface area contributed by atoms with Gasteiger partial charge in [0.15, 0.2) is 0 Å². The lowest BCUT2D eigenvalue weighted by Crippen LogP contribution is -2.35. The lowest BCUT2D eigenvalue weighted by molar-refractivity contribution is 0.0988. The molecule has 0 saturated heterocycles. The average molecular weight is 365 g/mol. The minimum absolute atomic E-state index is 0.0276. The number of aryl methyl sites for hydroxylation is 2. The Morgan fingerprint density at radius 3 is 3.00 bits per heavy atom. The minimum Gasteiger partial charge on any atom is -0.485 e. The van der Waals surface area contributed by atoms with E-state index in [9.17, 15) is 4.79 Å². The number of hydrogen-bond acceptors (Lipinski definition) is 5. The topological polar surface area (TPSA) is 55.3 Å². The fourth-order valence-electron chi connectivity index (χ4n) is 3.16. The molecular weight excluding hydrogens is 346 g/mol. The molecule has 0 bridgehead atoms. The highest BCUT2D eigenvalue weighted by Gasteiger charge is 2.26. The zero-order valence-electron chi connectivity index (χ0n) is 14.5. The van der Waals surface area contributed by atoms with Crippen LogP contribution in [-0.4, -0.2) is 22.4 Å². The Balaban J connectivity index is 1.53. The predicted molar refractivity (Wildman–Crippen MR) is 102 cm³/mol. The van der Waals surface area contributed by atoms with Gasteiger partial charge in [0.1, 0.15) is 22.2 Å². The van der Waals surface area contributed by atoms with E-state index < -0.39 is 0 Å². The molecule has 132 valence electrons. The highest BCUT2D eigenvalue weighted by atomic mass is 32.1. The number of rotatable bonds is 4. The number of benzene rings is 1. The lowest BCUT2D eigenvalue weighted by Gasteiger charge is -2.29. The molecule has 1 aliphatic rings. The molecule has 6 heteroatoms. The number of anilines is 1. The molecule has 0 aliphatic carbocycles. The quantitative estimate of drug-likeness (QED) is 0.701. The van der Waals surface area contributed by atoms with Crippen LogP contribution in [0.1, 0.15) is 32.4 Å². The highest BCUT2D eigenvalue weighted by Crippen LogP contribution is 2.30. The molecule has 2 aromatic heterocycles. The number of aromatic nitrogens is 2. The molecule has 0 atom stereocenters. The molecule has 1 aliphatic heterocycles. The van der Waals surface area contributed by atoms with E-state index in [1.54, 1.807) is 12.4 Å². The van der Waals surface area contributed by atoms with Crippen LogP contribution in [0.4, 0.5) is 5.69 Å². The maximum atomic E-state index is 13.1. The summed E-state index contributed by atoms with van der Waals surface area (Å²) in [7, 11) is 0. The van der Waals surface area contributed by atoms with Gasteiger partial charge in [0, 0.05) is 18.4 Å². The molecule has 5 nitrogen and oxygen atoms in total. The van der Waals surface area contributed by atoms with Gasteiger partial charge in [-0.2, -0.15) is 0 Å². The van der Waals surface area contributed by atoms with Crippen LogP contribution in [-0.2, 0) is 13.0 Å². The maximum absolute atomic E-state index is 13.1. The molecule has 1 aromatic carbocycles. The largest absolute Gasteiger partial charge is 0.485 e. The number of fused-ring (bicyclic) bond motifs is 1. The summed E-state index contributed by atoms with van der Waals surface area (Å²) in [5, 5.41) is 0.792.